The second-order valence-corrected chi connectivity index (χ2v) is 15.1. The molecule has 62 heavy (non-hydrogen) atoms. The highest BCUT2D eigenvalue weighted by Crippen LogP contribution is 2.11. The van der Waals surface area contributed by atoms with Crippen molar-refractivity contribution in [1.29, 1.82) is 0 Å². The van der Waals surface area contributed by atoms with Crippen LogP contribution in [-0.4, -0.2) is 36.4 Å². The van der Waals surface area contributed by atoms with Gasteiger partial charge in [-0.1, -0.05) is 204 Å². The molecule has 0 aliphatic heterocycles. The van der Waals surface area contributed by atoms with E-state index >= 15 is 0 Å². The van der Waals surface area contributed by atoms with Crippen LogP contribution < -0.4 is 0 Å². The molecule has 0 aromatic carbocycles. The molecule has 0 bridgehead atoms. The summed E-state index contributed by atoms with van der Waals surface area (Å²) in [6.45, 7) is 3.81. The van der Waals surface area contributed by atoms with Crippen LogP contribution in [0.15, 0.2) is 158 Å². The van der Waals surface area contributed by atoms with Gasteiger partial charge in [-0.25, -0.2) is 0 Å². The van der Waals surface area contributed by atoms with Crippen molar-refractivity contribution in [3.05, 3.63) is 158 Å². The maximum atomic E-state index is 12.3. The van der Waals surface area contributed by atoms with Crippen molar-refractivity contribution in [2.45, 2.75) is 174 Å². The Balaban J connectivity index is 3.72. The molecular formula is C57H86O5. The standard InChI is InChI=1S/C57H86O5/c1-3-5-7-9-11-13-15-17-19-21-23-24-25-26-27-28-29-30-31-32-34-36-38-40-42-44-46-48-50-52-57(60)62-55(53-58)54-61-56(59)51-49-47-45-43-41-39-37-35-33-22-20-18-16-14-12-10-8-6-4-2/h5-8,11-14,17-20,23-24,26-27,29-30,32-35,39,41,45,47,55,58H,3-4,9-10,15-16,21-22,25,28,31,36-38,40,42-44,46,48-54H2,1-2H3/b7-5-,8-6-,13-11-,14-12-,19-17-,20-18-,24-23-,27-26-,30-29-,34-32-,35-33-,41-39-,47-45-. The zero-order valence-corrected chi connectivity index (χ0v) is 39.1. The normalized spacial score (nSPS) is 13.7. The Labute approximate surface area is 380 Å². The topological polar surface area (TPSA) is 72.8 Å². The van der Waals surface area contributed by atoms with Crippen molar-refractivity contribution >= 4 is 11.9 Å². The van der Waals surface area contributed by atoms with Crippen LogP contribution in [0.2, 0.25) is 0 Å². The number of hydrogen-bond acceptors (Lipinski definition) is 5. The number of carbonyl (C=O) groups is 2. The van der Waals surface area contributed by atoms with E-state index in [0.717, 1.165) is 109 Å². The van der Waals surface area contributed by atoms with Gasteiger partial charge < -0.3 is 14.6 Å². The first-order valence-corrected chi connectivity index (χ1v) is 24.0. The van der Waals surface area contributed by atoms with Gasteiger partial charge in [0.25, 0.3) is 0 Å². The summed E-state index contributed by atoms with van der Waals surface area (Å²) in [7, 11) is 0. The van der Waals surface area contributed by atoms with E-state index in [2.05, 4.69) is 160 Å². The highest BCUT2D eigenvalue weighted by atomic mass is 16.6. The number of ether oxygens (including phenoxy) is 2. The molecule has 0 saturated heterocycles. The Morgan fingerprint density at radius 3 is 1.03 bits per heavy atom. The maximum absolute atomic E-state index is 12.3. The van der Waals surface area contributed by atoms with Crippen LogP contribution in [0.3, 0.4) is 0 Å². The molecular weight excluding hydrogens is 765 g/mol. The van der Waals surface area contributed by atoms with Crippen molar-refractivity contribution in [2.24, 2.45) is 0 Å². The van der Waals surface area contributed by atoms with E-state index in [9.17, 15) is 14.7 Å². The highest BCUT2D eigenvalue weighted by Gasteiger charge is 2.15. The van der Waals surface area contributed by atoms with Gasteiger partial charge in [0.15, 0.2) is 6.10 Å². The molecule has 0 aliphatic carbocycles. The monoisotopic (exact) mass is 851 g/mol. The lowest BCUT2D eigenvalue weighted by Crippen LogP contribution is -2.28. The summed E-state index contributed by atoms with van der Waals surface area (Å²) < 4.78 is 10.6. The molecule has 1 atom stereocenters. The van der Waals surface area contributed by atoms with Gasteiger partial charge in [0.1, 0.15) is 6.61 Å². The summed E-state index contributed by atoms with van der Waals surface area (Å²) in [5.74, 6) is -0.718. The molecule has 0 aromatic rings. The average Bonchev–Trinajstić information content (AvgIpc) is 3.28. The molecule has 0 spiro atoms. The van der Waals surface area contributed by atoms with Gasteiger partial charge in [-0.15, -0.1) is 0 Å². The number of aliphatic hydroxyl groups excluding tert-OH is 1. The number of hydrogen-bond donors (Lipinski definition) is 1. The fourth-order valence-electron chi connectivity index (χ4n) is 5.79. The number of aliphatic hydroxyl groups is 1. The Hall–Kier alpha value is -4.48. The first kappa shape index (κ1) is 57.5. The van der Waals surface area contributed by atoms with Gasteiger partial charge in [-0.05, 0) is 109 Å². The third-order valence-electron chi connectivity index (χ3n) is 9.33. The molecule has 1 unspecified atom stereocenters. The molecule has 0 saturated carbocycles. The third-order valence-corrected chi connectivity index (χ3v) is 9.33. The molecule has 0 heterocycles. The van der Waals surface area contributed by atoms with Crippen LogP contribution in [0.4, 0.5) is 0 Å². The molecule has 5 nitrogen and oxygen atoms in total. The first-order chi connectivity index (χ1) is 30.6. The lowest BCUT2D eigenvalue weighted by Gasteiger charge is -2.15. The first-order valence-electron chi connectivity index (χ1n) is 24.0. The molecule has 0 aromatic heterocycles. The van der Waals surface area contributed by atoms with E-state index in [0.29, 0.717) is 12.8 Å². The Kier molecular flexibility index (Phi) is 47.2. The van der Waals surface area contributed by atoms with Crippen molar-refractivity contribution < 1.29 is 24.2 Å². The minimum Gasteiger partial charge on any atom is -0.462 e. The van der Waals surface area contributed by atoms with E-state index < -0.39 is 6.10 Å². The van der Waals surface area contributed by atoms with E-state index in [-0.39, 0.29) is 31.6 Å². The van der Waals surface area contributed by atoms with Gasteiger partial charge in [0.2, 0.25) is 0 Å². The minimum absolute atomic E-state index is 0.123. The predicted molar refractivity (Wildman–Crippen MR) is 269 cm³/mol. The van der Waals surface area contributed by atoms with Gasteiger partial charge in [-0.2, -0.15) is 0 Å². The van der Waals surface area contributed by atoms with Crippen molar-refractivity contribution in [2.75, 3.05) is 13.2 Å². The van der Waals surface area contributed by atoms with E-state index in [1.165, 1.54) is 25.7 Å². The molecule has 0 rings (SSSR count). The van der Waals surface area contributed by atoms with Crippen molar-refractivity contribution in [1.82, 2.24) is 0 Å². The van der Waals surface area contributed by atoms with Crippen LogP contribution in [0.5, 0.6) is 0 Å². The van der Waals surface area contributed by atoms with Crippen LogP contribution in [-0.2, 0) is 19.1 Å². The Bertz CT molecular complexity index is 1420. The highest BCUT2D eigenvalue weighted by molar-refractivity contribution is 5.70. The van der Waals surface area contributed by atoms with E-state index in [1.54, 1.807) is 0 Å². The van der Waals surface area contributed by atoms with Gasteiger partial charge in [0.05, 0.1) is 6.61 Å². The summed E-state index contributed by atoms with van der Waals surface area (Å²) in [5, 5.41) is 9.60. The molecule has 1 N–H and O–H groups in total. The smallest absolute Gasteiger partial charge is 0.306 e. The number of allylic oxidation sites excluding steroid dienone is 26. The fraction of sp³-hybridized carbons (Fsp3) is 0.509. The largest absolute Gasteiger partial charge is 0.462 e. The molecule has 0 amide bonds. The summed E-state index contributed by atoms with van der Waals surface area (Å²) in [6, 6.07) is 0. The maximum Gasteiger partial charge on any atom is 0.306 e. The number of rotatable bonds is 41. The zero-order valence-electron chi connectivity index (χ0n) is 39.1. The second-order valence-electron chi connectivity index (χ2n) is 15.1. The molecule has 344 valence electrons. The van der Waals surface area contributed by atoms with Gasteiger partial charge >= 0.3 is 11.9 Å². The molecule has 0 radical (unpaired) electrons. The number of carbonyl (C=O) groups excluding carboxylic acids is 2. The summed E-state index contributed by atoms with van der Waals surface area (Å²) >= 11 is 0. The zero-order chi connectivity index (χ0) is 44.9. The molecule has 0 aliphatic rings. The summed E-state index contributed by atoms with van der Waals surface area (Å²) in [6.07, 6.45) is 79.0. The average molecular weight is 851 g/mol. The number of esters is 2. The van der Waals surface area contributed by atoms with Crippen LogP contribution >= 0.6 is 0 Å². The lowest BCUT2D eigenvalue weighted by molar-refractivity contribution is -0.161. The van der Waals surface area contributed by atoms with Crippen LogP contribution in [0.1, 0.15) is 168 Å². The van der Waals surface area contributed by atoms with Crippen LogP contribution in [0.25, 0.3) is 0 Å². The Morgan fingerprint density at radius 2 is 0.677 bits per heavy atom. The summed E-state index contributed by atoms with van der Waals surface area (Å²) in [4.78, 5) is 24.4. The minimum atomic E-state index is -0.822. The van der Waals surface area contributed by atoms with E-state index in [4.69, 9.17) is 9.47 Å². The van der Waals surface area contributed by atoms with Crippen molar-refractivity contribution in [3.63, 3.8) is 0 Å². The van der Waals surface area contributed by atoms with Crippen molar-refractivity contribution in [3.8, 4) is 0 Å². The van der Waals surface area contributed by atoms with Gasteiger partial charge in [0, 0.05) is 12.8 Å². The SMILES string of the molecule is CC/C=C\C/C=C\C/C=C\C/C=C\C/C=C\C/C=C\C/C=C\CCCCCCCCCC(=O)OC(CO)COC(=O)CC/C=C\C/C=C\C/C=C\C/C=C\C/C=C\C/C=C\CC. The lowest BCUT2D eigenvalue weighted by atomic mass is 10.1. The quantitative estimate of drug-likeness (QED) is 0.0377. The molecule has 5 heteroatoms. The fourth-order valence-corrected chi connectivity index (χ4v) is 5.79. The van der Waals surface area contributed by atoms with Crippen LogP contribution in [0, 0.1) is 0 Å². The number of unbranched alkanes of at least 4 members (excludes halogenated alkanes) is 7. The van der Waals surface area contributed by atoms with E-state index in [1.807, 2.05) is 12.2 Å². The Morgan fingerprint density at radius 1 is 0.371 bits per heavy atom. The summed E-state index contributed by atoms with van der Waals surface area (Å²) in [5.41, 5.74) is 0. The van der Waals surface area contributed by atoms with Gasteiger partial charge in [-0.3, -0.25) is 9.59 Å². The third kappa shape index (κ3) is 48.2. The second kappa shape index (κ2) is 50.9. The molecule has 0 fully saturated rings. The predicted octanol–water partition coefficient (Wildman–Crippen LogP) is 16.1.